The molecule has 0 N–H and O–H groups in total. The second kappa shape index (κ2) is 5.82. The van der Waals surface area contributed by atoms with Crippen LogP contribution >= 0.6 is 34.3 Å². The maximum absolute atomic E-state index is 5.90. The van der Waals surface area contributed by atoms with E-state index in [4.69, 9.17) is 16.6 Å². The number of hydrogen-bond donors (Lipinski definition) is 0. The van der Waals surface area contributed by atoms with Gasteiger partial charge in [-0.25, -0.2) is 4.98 Å². The molecule has 0 aromatic carbocycles. The van der Waals surface area contributed by atoms with Gasteiger partial charge in [-0.15, -0.1) is 34.3 Å². The number of nitrogens with zero attached hydrogens (tertiary/aromatic N) is 2. The Morgan fingerprint density at radius 3 is 2.68 bits per heavy atom. The molecule has 0 radical (unpaired) electrons. The van der Waals surface area contributed by atoms with E-state index >= 15 is 0 Å². The van der Waals surface area contributed by atoms with E-state index in [0.717, 1.165) is 22.7 Å². The Labute approximate surface area is 124 Å². The summed E-state index contributed by atoms with van der Waals surface area (Å²) in [6, 6.07) is 8.13. The molecule has 0 saturated carbocycles. The second-order valence-electron chi connectivity index (χ2n) is 3.94. The van der Waals surface area contributed by atoms with E-state index in [1.165, 1.54) is 9.75 Å². The molecule has 2 nitrogen and oxygen atoms in total. The summed E-state index contributed by atoms with van der Waals surface area (Å²) in [6.45, 7) is 0. The highest BCUT2D eigenvalue weighted by Crippen LogP contribution is 2.36. The van der Waals surface area contributed by atoms with Gasteiger partial charge in [-0.1, -0.05) is 6.07 Å². The zero-order chi connectivity index (χ0) is 13.1. The minimum atomic E-state index is 0.621. The molecule has 0 aliphatic carbocycles. The molecule has 0 unspecified atom stereocenters. The Bertz CT molecular complexity index is 647. The fraction of sp³-hybridized carbons (Fsp3) is 0.143. The van der Waals surface area contributed by atoms with Crippen molar-refractivity contribution in [2.24, 2.45) is 0 Å². The predicted molar refractivity (Wildman–Crippen MR) is 83.1 cm³/mol. The summed E-state index contributed by atoms with van der Waals surface area (Å²) in [4.78, 5) is 11.3. The number of hydrogen-bond acceptors (Lipinski definition) is 4. The normalized spacial score (nSPS) is 10.8. The molecule has 0 atom stereocenters. The van der Waals surface area contributed by atoms with Gasteiger partial charge in [0.05, 0.1) is 10.6 Å². The van der Waals surface area contributed by atoms with Crippen molar-refractivity contribution >= 4 is 34.3 Å². The Morgan fingerprint density at radius 2 is 2.00 bits per heavy atom. The highest BCUT2D eigenvalue weighted by Gasteiger charge is 2.14. The Morgan fingerprint density at radius 1 is 1.16 bits per heavy atom. The lowest BCUT2D eigenvalue weighted by atomic mass is 10.2. The van der Waals surface area contributed by atoms with Crippen molar-refractivity contribution in [2.75, 3.05) is 5.88 Å². The molecule has 3 aromatic heterocycles. The standard InChI is InChI=1S/C14H11ClN2S2/c15-6-3-12-13(11-2-1-9-18-11)17-14(19-12)10-4-7-16-8-5-10/h1-2,4-5,7-9H,3,6H2. The summed E-state index contributed by atoms with van der Waals surface area (Å²) >= 11 is 9.33. The lowest BCUT2D eigenvalue weighted by Gasteiger charge is -1.95. The Hall–Kier alpha value is -1.23. The van der Waals surface area contributed by atoms with Crippen LogP contribution in [0.5, 0.6) is 0 Å². The lowest BCUT2D eigenvalue weighted by Crippen LogP contribution is -1.84. The molecule has 96 valence electrons. The van der Waals surface area contributed by atoms with Crippen LogP contribution in [0.3, 0.4) is 0 Å². The Kier molecular flexibility index (Phi) is 3.92. The summed E-state index contributed by atoms with van der Waals surface area (Å²) in [5.41, 5.74) is 2.19. The summed E-state index contributed by atoms with van der Waals surface area (Å²) in [6.07, 6.45) is 4.45. The van der Waals surface area contributed by atoms with Crippen LogP contribution in [-0.4, -0.2) is 15.8 Å². The summed E-state index contributed by atoms with van der Waals surface area (Å²) in [5.74, 6) is 0.621. The van der Waals surface area contributed by atoms with Crippen LogP contribution in [0.1, 0.15) is 4.88 Å². The van der Waals surface area contributed by atoms with Gasteiger partial charge in [-0.3, -0.25) is 4.98 Å². The van der Waals surface area contributed by atoms with Gasteiger partial charge < -0.3 is 0 Å². The molecule has 0 bridgehead atoms. The van der Waals surface area contributed by atoms with Crippen molar-refractivity contribution in [3.63, 3.8) is 0 Å². The molecule has 19 heavy (non-hydrogen) atoms. The minimum absolute atomic E-state index is 0.621. The largest absolute Gasteiger partial charge is 0.265 e. The highest BCUT2D eigenvalue weighted by atomic mass is 35.5. The van der Waals surface area contributed by atoms with Crippen molar-refractivity contribution in [2.45, 2.75) is 6.42 Å². The average molecular weight is 307 g/mol. The third kappa shape index (κ3) is 2.71. The highest BCUT2D eigenvalue weighted by molar-refractivity contribution is 7.17. The topological polar surface area (TPSA) is 25.8 Å². The molecule has 3 rings (SSSR count). The zero-order valence-electron chi connectivity index (χ0n) is 10.0. The van der Waals surface area contributed by atoms with Crippen molar-refractivity contribution < 1.29 is 0 Å². The number of thiophene rings is 1. The van der Waals surface area contributed by atoms with E-state index in [1.54, 1.807) is 35.1 Å². The number of aromatic nitrogens is 2. The van der Waals surface area contributed by atoms with Gasteiger partial charge in [0.1, 0.15) is 5.01 Å². The fourth-order valence-corrected chi connectivity index (χ4v) is 4.02. The number of thiazole rings is 1. The van der Waals surface area contributed by atoms with Crippen LogP contribution in [0, 0.1) is 0 Å². The van der Waals surface area contributed by atoms with Crippen molar-refractivity contribution in [1.82, 2.24) is 9.97 Å². The lowest BCUT2D eigenvalue weighted by molar-refractivity contribution is 1.18. The first-order chi connectivity index (χ1) is 9.38. The van der Waals surface area contributed by atoms with Crippen LogP contribution in [0.4, 0.5) is 0 Å². The summed E-state index contributed by atoms with van der Waals surface area (Å²) < 4.78 is 0. The van der Waals surface area contributed by atoms with E-state index < -0.39 is 0 Å². The van der Waals surface area contributed by atoms with E-state index in [2.05, 4.69) is 22.5 Å². The second-order valence-corrected chi connectivity index (χ2v) is 6.35. The van der Waals surface area contributed by atoms with Crippen LogP contribution in [-0.2, 0) is 6.42 Å². The first-order valence-electron chi connectivity index (χ1n) is 5.88. The van der Waals surface area contributed by atoms with E-state index in [0.29, 0.717) is 5.88 Å². The molecule has 0 spiro atoms. The van der Waals surface area contributed by atoms with Gasteiger partial charge in [-0.05, 0) is 30.0 Å². The summed E-state index contributed by atoms with van der Waals surface area (Å²) in [7, 11) is 0. The first kappa shape index (κ1) is 12.8. The van der Waals surface area contributed by atoms with E-state index in [-0.39, 0.29) is 0 Å². The van der Waals surface area contributed by atoms with Crippen molar-refractivity contribution in [1.29, 1.82) is 0 Å². The van der Waals surface area contributed by atoms with Crippen molar-refractivity contribution in [3.8, 4) is 21.1 Å². The van der Waals surface area contributed by atoms with Gasteiger partial charge >= 0.3 is 0 Å². The Balaban J connectivity index is 2.07. The third-order valence-corrected chi connectivity index (χ3v) is 4.93. The minimum Gasteiger partial charge on any atom is -0.265 e. The molecule has 0 aliphatic heterocycles. The van der Waals surface area contributed by atoms with Crippen molar-refractivity contribution in [3.05, 3.63) is 46.9 Å². The molecular weight excluding hydrogens is 296 g/mol. The van der Waals surface area contributed by atoms with Crippen LogP contribution in [0.2, 0.25) is 0 Å². The third-order valence-electron chi connectivity index (χ3n) is 2.70. The number of aryl methyl sites for hydroxylation is 1. The maximum atomic E-state index is 5.90. The average Bonchev–Trinajstić information content (AvgIpc) is 3.09. The van der Waals surface area contributed by atoms with Gasteiger partial charge in [0.2, 0.25) is 0 Å². The van der Waals surface area contributed by atoms with Gasteiger partial charge in [0.25, 0.3) is 0 Å². The smallest absolute Gasteiger partial charge is 0.124 e. The van der Waals surface area contributed by atoms with Gasteiger partial charge in [0, 0.05) is 28.7 Å². The van der Waals surface area contributed by atoms with Gasteiger partial charge in [-0.2, -0.15) is 0 Å². The molecule has 0 amide bonds. The molecular formula is C14H11ClN2S2. The SMILES string of the molecule is ClCCc1sc(-c2ccncc2)nc1-c1cccs1. The monoisotopic (exact) mass is 306 g/mol. The summed E-state index contributed by atoms with van der Waals surface area (Å²) in [5, 5.41) is 3.11. The quantitative estimate of drug-likeness (QED) is 0.652. The zero-order valence-corrected chi connectivity index (χ0v) is 12.4. The van der Waals surface area contributed by atoms with Crippen LogP contribution in [0.15, 0.2) is 42.0 Å². The number of rotatable bonds is 4. The van der Waals surface area contributed by atoms with E-state index in [9.17, 15) is 0 Å². The van der Waals surface area contributed by atoms with E-state index in [1.807, 2.05) is 12.1 Å². The fourth-order valence-electron chi connectivity index (χ4n) is 1.83. The molecule has 3 heterocycles. The van der Waals surface area contributed by atoms with Crippen LogP contribution in [0.25, 0.3) is 21.1 Å². The molecule has 0 aliphatic rings. The molecule has 0 saturated heterocycles. The number of alkyl halides is 1. The first-order valence-corrected chi connectivity index (χ1v) is 8.11. The predicted octanol–water partition coefficient (Wildman–Crippen LogP) is 4.71. The maximum Gasteiger partial charge on any atom is 0.124 e. The molecule has 3 aromatic rings. The molecule has 0 fully saturated rings. The van der Waals surface area contributed by atoms with Gasteiger partial charge in [0.15, 0.2) is 0 Å². The van der Waals surface area contributed by atoms with Crippen LogP contribution < -0.4 is 0 Å². The number of pyridine rings is 1. The molecule has 5 heteroatoms. The number of halogens is 1.